The van der Waals surface area contributed by atoms with Gasteiger partial charge in [0.1, 0.15) is 18.1 Å². The van der Waals surface area contributed by atoms with E-state index >= 15 is 0 Å². The van der Waals surface area contributed by atoms with Crippen LogP contribution in [0.25, 0.3) is 0 Å². The molecular formula is C22H26N2O5. The van der Waals surface area contributed by atoms with Crippen LogP contribution in [-0.2, 0) is 9.53 Å². The van der Waals surface area contributed by atoms with Crippen LogP contribution in [0, 0.1) is 0 Å². The summed E-state index contributed by atoms with van der Waals surface area (Å²) in [5.41, 5.74) is 1.11. The summed E-state index contributed by atoms with van der Waals surface area (Å²) in [6.45, 7) is 1.24. The maximum atomic E-state index is 12.6. The first-order valence-corrected chi connectivity index (χ1v) is 9.59. The van der Waals surface area contributed by atoms with Crippen molar-refractivity contribution in [2.24, 2.45) is 0 Å². The normalized spacial score (nSPS) is 15.6. The van der Waals surface area contributed by atoms with Crippen molar-refractivity contribution in [3.63, 3.8) is 0 Å². The minimum Gasteiger partial charge on any atom is -0.497 e. The molecule has 1 aliphatic rings. The molecule has 1 N–H and O–H groups in total. The van der Waals surface area contributed by atoms with Gasteiger partial charge in [-0.25, -0.2) is 0 Å². The molecule has 1 aliphatic heterocycles. The zero-order valence-corrected chi connectivity index (χ0v) is 16.7. The van der Waals surface area contributed by atoms with Crippen molar-refractivity contribution in [3.05, 3.63) is 54.1 Å². The predicted molar refractivity (Wildman–Crippen MR) is 109 cm³/mol. The number of hydrogen-bond donors (Lipinski definition) is 1. The van der Waals surface area contributed by atoms with Crippen molar-refractivity contribution >= 4 is 17.5 Å². The third-order valence-electron chi connectivity index (χ3n) is 4.64. The molecule has 1 heterocycles. The summed E-state index contributed by atoms with van der Waals surface area (Å²) >= 11 is 0. The molecule has 0 saturated carbocycles. The van der Waals surface area contributed by atoms with Gasteiger partial charge in [0.15, 0.2) is 0 Å². The number of anilines is 1. The van der Waals surface area contributed by atoms with E-state index in [4.69, 9.17) is 14.2 Å². The van der Waals surface area contributed by atoms with Crippen molar-refractivity contribution < 1.29 is 23.8 Å². The molecule has 0 radical (unpaired) electrons. The van der Waals surface area contributed by atoms with Crippen molar-refractivity contribution in [1.29, 1.82) is 0 Å². The quantitative estimate of drug-likeness (QED) is 0.740. The highest BCUT2D eigenvalue weighted by Crippen LogP contribution is 2.18. The average molecular weight is 398 g/mol. The second kappa shape index (κ2) is 9.93. The van der Waals surface area contributed by atoms with Crippen LogP contribution in [0.2, 0.25) is 0 Å². The summed E-state index contributed by atoms with van der Waals surface area (Å²) in [5, 5.41) is 2.76. The Morgan fingerprint density at radius 1 is 1.17 bits per heavy atom. The van der Waals surface area contributed by atoms with Crippen molar-refractivity contribution in [1.82, 2.24) is 4.90 Å². The zero-order valence-electron chi connectivity index (χ0n) is 16.7. The van der Waals surface area contributed by atoms with Gasteiger partial charge in [-0.05, 0) is 49.2 Å². The second-order valence-corrected chi connectivity index (χ2v) is 6.91. The highest BCUT2D eigenvalue weighted by atomic mass is 16.5. The number of rotatable bonds is 8. The van der Waals surface area contributed by atoms with Crippen LogP contribution in [0.15, 0.2) is 48.5 Å². The number of nitrogens with one attached hydrogen (secondary N) is 1. The molecule has 29 heavy (non-hydrogen) atoms. The van der Waals surface area contributed by atoms with Gasteiger partial charge in [0, 0.05) is 31.0 Å². The van der Waals surface area contributed by atoms with Crippen LogP contribution in [0.3, 0.4) is 0 Å². The Morgan fingerprint density at radius 2 is 1.97 bits per heavy atom. The average Bonchev–Trinajstić information content (AvgIpc) is 3.26. The summed E-state index contributed by atoms with van der Waals surface area (Å²) in [4.78, 5) is 26.2. The number of ether oxygens (including phenoxy) is 3. The summed E-state index contributed by atoms with van der Waals surface area (Å²) in [6, 6.07) is 14.0. The number of nitrogens with zero attached hydrogens (tertiary/aromatic N) is 1. The molecule has 0 unspecified atom stereocenters. The number of hydrogen-bond acceptors (Lipinski definition) is 5. The van der Waals surface area contributed by atoms with E-state index in [0.717, 1.165) is 19.4 Å². The molecule has 2 aromatic carbocycles. The highest BCUT2D eigenvalue weighted by molar-refractivity contribution is 5.99. The molecule has 0 aliphatic carbocycles. The van der Waals surface area contributed by atoms with Crippen LogP contribution in [0.4, 0.5) is 5.69 Å². The highest BCUT2D eigenvalue weighted by Gasteiger charge is 2.17. The van der Waals surface area contributed by atoms with Gasteiger partial charge in [0.25, 0.3) is 5.91 Å². The number of amides is 2. The fraction of sp³-hybridized carbons (Fsp3) is 0.364. The van der Waals surface area contributed by atoms with Crippen LogP contribution >= 0.6 is 0 Å². The lowest BCUT2D eigenvalue weighted by atomic mass is 10.2. The number of benzene rings is 2. The van der Waals surface area contributed by atoms with Gasteiger partial charge < -0.3 is 24.4 Å². The lowest BCUT2D eigenvalue weighted by Gasteiger charge is -2.17. The summed E-state index contributed by atoms with van der Waals surface area (Å²) in [5.74, 6) is 0.812. The Morgan fingerprint density at radius 3 is 2.66 bits per heavy atom. The molecule has 1 fully saturated rings. The topological polar surface area (TPSA) is 77.1 Å². The minimum atomic E-state index is -0.286. The maximum Gasteiger partial charge on any atom is 0.254 e. The molecule has 0 bridgehead atoms. The molecule has 2 aromatic rings. The smallest absolute Gasteiger partial charge is 0.254 e. The first kappa shape index (κ1) is 20.7. The second-order valence-electron chi connectivity index (χ2n) is 6.91. The third-order valence-corrected chi connectivity index (χ3v) is 4.64. The molecule has 7 nitrogen and oxygen atoms in total. The number of methoxy groups -OCH3 is 1. The van der Waals surface area contributed by atoms with Gasteiger partial charge in [0.2, 0.25) is 5.91 Å². The van der Waals surface area contributed by atoms with E-state index in [0.29, 0.717) is 29.4 Å². The zero-order chi connectivity index (χ0) is 20.6. The van der Waals surface area contributed by atoms with Gasteiger partial charge >= 0.3 is 0 Å². The van der Waals surface area contributed by atoms with E-state index in [1.807, 2.05) is 0 Å². The molecule has 7 heteroatoms. The predicted octanol–water partition coefficient (Wildman–Crippen LogP) is 2.96. The Labute approximate surface area is 170 Å². The van der Waals surface area contributed by atoms with E-state index in [2.05, 4.69) is 5.32 Å². The SMILES string of the molecule is COc1cccc(NC(=O)CN(C)C(=O)c2ccc(OC[C@H]3CCCO3)cc2)c1. The number of carbonyl (C=O) groups is 2. The van der Waals surface area contributed by atoms with Crippen LogP contribution < -0.4 is 14.8 Å². The fourth-order valence-corrected chi connectivity index (χ4v) is 3.07. The Hall–Kier alpha value is -3.06. The molecule has 1 saturated heterocycles. The van der Waals surface area contributed by atoms with Gasteiger partial charge in [-0.2, -0.15) is 0 Å². The lowest BCUT2D eigenvalue weighted by molar-refractivity contribution is -0.116. The van der Waals surface area contributed by atoms with Crippen molar-refractivity contribution in [2.75, 3.05) is 39.2 Å². The van der Waals surface area contributed by atoms with E-state index in [1.165, 1.54) is 4.90 Å². The molecule has 0 spiro atoms. The van der Waals surface area contributed by atoms with Crippen molar-refractivity contribution in [3.8, 4) is 11.5 Å². The fourth-order valence-electron chi connectivity index (χ4n) is 3.07. The molecule has 2 amide bonds. The van der Waals surface area contributed by atoms with Gasteiger partial charge in [-0.15, -0.1) is 0 Å². The Balaban J connectivity index is 1.50. The number of carbonyl (C=O) groups excluding carboxylic acids is 2. The van der Waals surface area contributed by atoms with Crippen LogP contribution in [0.1, 0.15) is 23.2 Å². The molecule has 3 rings (SSSR count). The van der Waals surface area contributed by atoms with Gasteiger partial charge in [-0.1, -0.05) is 6.07 Å². The maximum absolute atomic E-state index is 12.6. The monoisotopic (exact) mass is 398 g/mol. The van der Waals surface area contributed by atoms with E-state index < -0.39 is 0 Å². The third kappa shape index (κ3) is 5.96. The van der Waals surface area contributed by atoms with E-state index in [1.54, 1.807) is 62.7 Å². The van der Waals surface area contributed by atoms with Gasteiger partial charge in [0.05, 0.1) is 19.8 Å². The van der Waals surface area contributed by atoms with Gasteiger partial charge in [-0.3, -0.25) is 9.59 Å². The van der Waals surface area contributed by atoms with Crippen molar-refractivity contribution in [2.45, 2.75) is 18.9 Å². The Kier molecular flexibility index (Phi) is 7.08. The molecule has 1 atom stereocenters. The first-order valence-electron chi connectivity index (χ1n) is 9.59. The molecular weight excluding hydrogens is 372 g/mol. The van der Waals surface area contributed by atoms with Crippen LogP contribution in [0.5, 0.6) is 11.5 Å². The first-order chi connectivity index (χ1) is 14.0. The minimum absolute atomic E-state index is 0.0622. The summed E-state index contributed by atoms with van der Waals surface area (Å²) in [6.07, 6.45) is 2.23. The number of likely N-dealkylation sites (N-methyl/N-ethyl adjacent to an activating group) is 1. The standard InChI is InChI=1S/C22H26N2O5/c1-24(14-21(25)23-17-5-3-6-19(13-17)27-2)22(26)16-8-10-18(11-9-16)29-15-20-7-4-12-28-20/h3,5-6,8-11,13,20H,4,7,12,14-15H2,1-2H3,(H,23,25)/t20-/m1/s1. The van der Waals surface area contributed by atoms with Crippen LogP contribution in [-0.4, -0.2) is 56.7 Å². The molecule has 154 valence electrons. The molecule has 0 aromatic heterocycles. The van der Waals surface area contributed by atoms with E-state index in [-0.39, 0.29) is 24.5 Å². The summed E-state index contributed by atoms with van der Waals surface area (Å²) < 4.78 is 16.4. The lowest BCUT2D eigenvalue weighted by Crippen LogP contribution is -2.34. The summed E-state index contributed by atoms with van der Waals surface area (Å²) in [7, 11) is 3.15. The van der Waals surface area contributed by atoms with E-state index in [9.17, 15) is 9.59 Å². The Bertz CT molecular complexity index is 831. The largest absolute Gasteiger partial charge is 0.497 e.